The van der Waals surface area contributed by atoms with E-state index >= 15 is 0 Å². The summed E-state index contributed by atoms with van der Waals surface area (Å²) in [6, 6.07) is 0. The highest BCUT2D eigenvalue weighted by Crippen LogP contribution is 1.98. The number of esters is 2. The molecule has 0 amide bonds. The molecule has 0 aliphatic heterocycles. The van der Waals surface area contributed by atoms with E-state index in [2.05, 4.69) is 21.3 Å². The molecule has 7 heteroatoms. The van der Waals surface area contributed by atoms with E-state index in [1.54, 1.807) is 0 Å². The number of carbonyl (C=O) groups excluding carboxylic acids is 2. The number of oxime groups is 1. The van der Waals surface area contributed by atoms with Gasteiger partial charge < -0.3 is 19.4 Å². The third kappa shape index (κ3) is 6.31. The number of nitrogens with zero attached hydrogens (tertiary/aromatic N) is 1. The number of carbonyl (C=O) groups is 2. The second-order valence-corrected chi connectivity index (χ2v) is 3.08. The molecule has 0 saturated heterocycles. The maximum Gasteiger partial charge on any atom is 0.333 e. The fourth-order valence-corrected chi connectivity index (χ4v) is 0.748. The lowest BCUT2D eigenvalue weighted by molar-refractivity contribution is -0.156. The molecule has 0 aromatic rings. The molecule has 0 aromatic carbocycles. The monoisotopic (exact) mass is 245 g/mol. The molecule has 0 bridgehead atoms. The summed E-state index contributed by atoms with van der Waals surface area (Å²) in [5.41, 5.74) is 0.0565. The van der Waals surface area contributed by atoms with Gasteiger partial charge in [-0.3, -0.25) is 4.79 Å². The topological polar surface area (TPSA) is 94.4 Å². The van der Waals surface area contributed by atoms with Crippen LogP contribution < -0.4 is 0 Å². The van der Waals surface area contributed by atoms with Crippen molar-refractivity contribution in [1.82, 2.24) is 0 Å². The Morgan fingerprint density at radius 3 is 2.41 bits per heavy atom. The van der Waals surface area contributed by atoms with Crippen LogP contribution in [0.4, 0.5) is 0 Å². The normalized spacial score (nSPS) is 12.6. The van der Waals surface area contributed by atoms with E-state index in [4.69, 9.17) is 4.74 Å². The van der Waals surface area contributed by atoms with Crippen molar-refractivity contribution < 1.29 is 29.0 Å². The molecule has 1 N–H and O–H groups in total. The molecule has 17 heavy (non-hydrogen) atoms. The predicted octanol–water partition coefficient (Wildman–Crippen LogP) is -0.0104. The molecular formula is C10H15NO6. The Bertz CT molecular complexity index is 336. The molecule has 0 aliphatic rings. The smallest absolute Gasteiger partial charge is 0.333 e. The van der Waals surface area contributed by atoms with Crippen molar-refractivity contribution in [3.05, 3.63) is 12.2 Å². The Morgan fingerprint density at radius 2 is 2.00 bits per heavy atom. The summed E-state index contributed by atoms with van der Waals surface area (Å²) in [7, 11) is 1.24. The molecule has 1 unspecified atom stereocenters. The van der Waals surface area contributed by atoms with Crippen LogP contribution in [-0.4, -0.2) is 42.8 Å². The number of rotatable bonds is 6. The van der Waals surface area contributed by atoms with Crippen LogP contribution in [0.15, 0.2) is 17.3 Å². The van der Waals surface area contributed by atoms with Gasteiger partial charge in [0, 0.05) is 12.5 Å². The van der Waals surface area contributed by atoms with Crippen LogP contribution in [0.3, 0.4) is 0 Å². The molecule has 96 valence electrons. The van der Waals surface area contributed by atoms with E-state index in [9.17, 15) is 14.7 Å². The van der Waals surface area contributed by atoms with Crippen molar-refractivity contribution in [2.75, 3.05) is 13.7 Å². The number of aliphatic hydroxyl groups excluding tert-OH is 1. The van der Waals surface area contributed by atoms with Gasteiger partial charge in [-0.2, -0.15) is 0 Å². The maximum absolute atomic E-state index is 11.1. The quantitative estimate of drug-likeness (QED) is 0.232. The standard InChI is InChI=1S/C10H15NO6/c1-6(2)9(13)16-5-8(11-15-4)10(14)17-7(3)12/h10,14H,1,5H2,2-4H3. The van der Waals surface area contributed by atoms with Crippen LogP contribution >= 0.6 is 0 Å². The van der Waals surface area contributed by atoms with Crippen molar-refractivity contribution in [2.24, 2.45) is 5.16 Å². The Kier molecular flexibility index (Phi) is 6.57. The fourth-order valence-electron chi connectivity index (χ4n) is 0.748. The molecule has 0 radical (unpaired) electrons. The van der Waals surface area contributed by atoms with Crippen LogP contribution in [0.2, 0.25) is 0 Å². The molecule has 0 fully saturated rings. The summed E-state index contributed by atoms with van der Waals surface area (Å²) >= 11 is 0. The number of aliphatic hydroxyl groups is 1. The molecule has 7 nitrogen and oxygen atoms in total. The lowest BCUT2D eigenvalue weighted by Gasteiger charge is -2.13. The van der Waals surface area contributed by atoms with Crippen LogP contribution in [0.1, 0.15) is 13.8 Å². The van der Waals surface area contributed by atoms with Crippen LogP contribution in [0.5, 0.6) is 0 Å². The van der Waals surface area contributed by atoms with Gasteiger partial charge in [0.1, 0.15) is 13.7 Å². The van der Waals surface area contributed by atoms with Gasteiger partial charge in [-0.25, -0.2) is 4.79 Å². The van der Waals surface area contributed by atoms with E-state index < -0.39 is 18.2 Å². The highest BCUT2D eigenvalue weighted by molar-refractivity contribution is 5.93. The predicted molar refractivity (Wildman–Crippen MR) is 58.0 cm³/mol. The Labute approximate surface area is 98.6 Å². The van der Waals surface area contributed by atoms with Crippen molar-refractivity contribution in [3.63, 3.8) is 0 Å². The van der Waals surface area contributed by atoms with Crippen molar-refractivity contribution in [2.45, 2.75) is 20.1 Å². The molecule has 0 heterocycles. The molecule has 0 saturated carbocycles. The maximum atomic E-state index is 11.1. The van der Waals surface area contributed by atoms with Crippen molar-refractivity contribution in [1.29, 1.82) is 0 Å². The molecule has 1 atom stereocenters. The summed E-state index contributed by atoms with van der Waals surface area (Å²) in [4.78, 5) is 26.1. The van der Waals surface area contributed by atoms with E-state index in [0.717, 1.165) is 6.92 Å². The third-order valence-corrected chi connectivity index (χ3v) is 1.47. The lowest BCUT2D eigenvalue weighted by atomic mass is 10.3. The second-order valence-electron chi connectivity index (χ2n) is 3.08. The van der Waals surface area contributed by atoms with Crippen molar-refractivity contribution in [3.8, 4) is 0 Å². The van der Waals surface area contributed by atoms with Gasteiger partial charge in [0.15, 0.2) is 5.71 Å². The molecule has 0 aliphatic carbocycles. The highest BCUT2D eigenvalue weighted by atomic mass is 16.7. The van der Waals surface area contributed by atoms with Gasteiger partial charge in [0.25, 0.3) is 0 Å². The minimum atomic E-state index is -1.62. The molecule has 0 aromatic heterocycles. The number of hydrogen-bond acceptors (Lipinski definition) is 7. The largest absolute Gasteiger partial charge is 0.456 e. The first-order valence-corrected chi connectivity index (χ1v) is 4.66. The minimum absolute atomic E-state index is 0.141. The van der Waals surface area contributed by atoms with Gasteiger partial charge in [-0.05, 0) is 6.92 Å². The zero-order valence-corrected chi connectivity index (χ0v) is 9.93. The van der Waals surface area contributed by atoms with Crippen molar-refractivity contribution >= 4 is 17.7 Å². The molecule has 0 spiro atoms. The summed E-state index contributed by atoms with van der Waals surface area (Å²) in [6.45, 7) is 5.60. The zero-order valence-electron chi connectivity index (χ0n) is 9.93. The summed E-state index contributed by atoms with van der Waals surface area (Å²) < 4.78 is 9.17. The summed E-state index contributed by atoms with van der Waals surface area (Å²) in [5, 5.41) is 12.8. The SMILES string of the molecule is C=C(C)C(=O)OCC(=NOC)C(O)OC(C)=O. The van der Waals surface area contributed by atoms with Gasteiger partial charge in [0.2, 0.25) is 6.29 Å². The Balaban J connectivity index is 4.45. The van der Waals surface area contributed by atoms with Crippen LogP contribution in [-0.2, 0) is 23.9 Å². The third-order valence-electron chi connectivity index (χ3n) is 1.47. The van der Waals surface area contributed by atoms with Gasteiger partial charge in [-0.1, -0.05) is 11.7 Å². The van der Waals surface area contributed by atoms with Crippen LogP contribution in [0.25, 0.3) is 0 Å². The second kappa shape index (κ2) is 7.39. The lowest BCUT2D eigenvalue weighted by Crippen LogP contribution is -2.30. The summed E-state index contributed by atoms with van der Waals surface area (Å²) in [6.07, 6.45) is -1.62. The molecular weight excluding hydrogens is 230 g/mol. The average molecular weight is 245 g/mol. The van der Waals surface area contributed by atoms with Crippen LogP contribution in [0, 0.1) is 0 Å². The van der Waals surface area contributed by atoms with E-state index in [1.165, 1.54) is 14.0 Å². The average Bonchev–Trinajstić information content (AvgIpc) is 2.22. The number of ether oxygens (including phenoxy) is 2. The van der Waals surface area contributed by atoms with E-state index in [1.807, 2.05) is 0 Å². The number of hydrogen-bond donors (Lipinski definition) is 1. The summed E-state index contributed by atoms with van der Waals surface area (Å²) in [5.74, 6) is -1.35. The zero-order chi connectivity index (χ0) is 13.4. The first-order valence-electron chi connectivity index (χ1n) is 4.66. The first kappa shape index (κ1) is 15.1. The van der Waals surface area contributed by atoms with Gasteiger partial charge >= 0.3 is 11.9 Å². The fraction of sp³-hybridized carbons (Fsp3) is 0.500. The van der Waals surface area contributed by atoms with E-state index in [0.29, 0.717) is 0 Å². The highest BCUT2D eigenvalue weighted by Gasteiger charge is 2.19. The molecule has 0 rings (SSSR count). The van der Waals surface area contributed by atoms with Gasteiger partial charge in [0.05, 0.1) is 0 Å². The van der Waals surface area contributed by atoms with Gasteiger partial charge in [-0.15, -0.1) is 0 Å². The van der Waals surface area contributed by atoms with E-state index in [-0.39, 0.29) is 17.9 Å². The Hall–Kier alpha value is -1.89. The minimum Gasteiger partial charge on any atom is -0.456 e. The Morgan fingerprint density at radius 1 is 1.41 bits per heavy atom. The first-order chi connectivity index (χ1) is 7.88.